The minimum absolute atomic E-state index is 0. The first-order valence-corrected chi connectivity index (χ1v) is 21.1. The summed E-state index contributed by atoms with van der Waals surface area (Å²) < 4.78 is 6.58. The van der Waals surface area contributed by atoms with Crippen molar-refractivity contribution in [2.75, 3.05) is 0 Å². The van der Waals surface area contributed by atoms with Gasteiger partial charge in [-0.05, 0) is 85.0 Å². The first-order chi connectivity index (χ1) is 27.6. The Kier molecular flexibility index (Phi) is 14.1. The quantitative estimate of drug-likeness (QED) is 0.0601. The maximum atomic E-state index is 12.2. The Morgan fingerprint density at radius 1 is 0.763 bits per heavy atom. The molecular formula is C52H60IrN3O3-. The molecule has 0 atom stereocenters. The second-order valence-corrected chi connectivity index (χ2v) is 17.1. The number of hydrogen-bond donors (Lipinski definition) is 1. The molecule has 0 aliphatic carbocycles. The molecule has 0 saturated carbocycles. The number of pyridine rings is 1. The van der Waals surface area contributed by atoms with E-state index >= 15 is 0 Å². The van der Waals surface area contributed by atoms with Gasteiger partial charge in [-0.25, -0.2) is 9.97 Å². The van der Waals surface area contributed by atoms with Crippen LogP contribution in [0.25, 0.3) is 66.3 Å². The predicted octanol–water partition coefficient (Wildman–Crippen LogP) is 14.7. The molecule has 1 radical (unpaired) electrons. The van der Waals surface area contributed by atoms with E-state index < -0.39 is 0 Å². The zero-order chi connectivity index (χ0) is 42.1. The van der Waals surface area contributed by atoms with E-state index in [1.165, 1.54) is 33.5 Å². The van der Waals surface area contributed by atoms with Crippen LogP contribution in [0.1, 0.15) is 129 Å². The Bertz CT molecular complexity index is 2640. The third kappa shape index (κ3) is 8.65. The van der Waals surface area contributed by atoms with Crippen LogP contribution in [0.15, 0.2) is 89.0 Å². The number of carbonyl (C=O) groups is 1. The molecule has 3 aromatic heterocycles. The summed E-state index contributed by atoms with van der Waals surface area (Å²) >= 11 is 0. The zero-order valence-corrected chi connectivity index (χ0v) is 39.3. The molecule has 0 bridgehead atoms. The van der Waals surface area contributed by atoms with E-state index in [0.29, 0.717) is 11.6 Å². The fourth-order valence-electron chi connectivity index (χ4n) is 7.78. The molecule has 0 amide bonds. The number of aliphatic hydroxyl groups is 1. The predicted molar refractivity (Wildman–Crippen MR) is 243 cm³/mol. The van der Waals surface area contributed by atoms with Gasteiger partial charge in [-0.3, -0.25) is 9.78 Å². The van der Waals surface area contributed by atoms with Crippen LogP contribution in [0, 0.1) is 30.7 Å². The van der Waals surface area contributed by atoms with Gasteiger partial charge >= 0.3 is 0 Å². The van der Waals surface area contributed by atoms with Gasteiger partial charge in [-0.15, -0.1) is 18.2 Å². The maximum absolute atomic E-state index is 12.2. The molecule has 7 rings (SSSR count). The number of fused-ring (bicyclic) bond motifs is 6. The molecule has 0 aliphatic rings. The van der Waals surface area contributed by atoms with Crippen LogP contribution < -0.4 is 0 Å². The van der Waals surface area contributed by atoms with Gasteiger partial charge in [0.15, 0.2) is 5.78 Å². The van der Waals surface area contributed by atoms with Gasteiger partial charge in [0, 0.05) is 65.0 Å². The van der Waals surface area contributed by atoms with Crippen molar-refractivity contribution in [1.82, 2.24) is 15.0 Å². The van der Waals surface area contributed by atoms with Crippen molar-refractivity contribution < 1.29 is 34.4 Å². The van der Waals surface area contributed by atoms with E-state index in [1.54, 1.807) is 0 Å². The summed E-state index contributed by atoms with van der Waals surface area (Å²) in [5.74, 6) is 1.63. The van der Waals surface area contributed by atoms with E-state index in [0.717, 1.165) is 81.3 Å². The molecule has 4 aromatic carbocycles. The number of aromatic nitrogens is 3. The van der Waals surface area contributed by atoms with Crippen LogP contribution >= 0.6 is 0 Å². The molecule has 0 unspecified atom stereocenters. The largest absolute Gasteiger partial charge is 0.512 e. The van der Waals surface area contributed by atoms with Crippen molar-refractivity contribution in [2.45, 2.75) is 121 Å². The van der Waals surface area contributed by atoms with Crippen LogP contribution in [0.2, 0.25) is 0 Å². The standard InChI is InChI=1S/C37H32N3O.C15H28O2.Ir/c1-20(2)25-13-8-12-24-16-17-28-33(39-36(21(3)4)40-34(28)32(24)25)29-15-9-14-26-27-18-19-30(38-37(27)41-35(26)29)31-22(5)10-7-11-23(31)6;1-7-14(5,8-2)12(16)11-13(17)15(6,9-3)10-4;/h7-14,16-21H,1-6H3;11,16H,7-10H2,1-6H3;/q-1;;/b;12-11-;. The third-order valence-corrected chi connectivity index (χ3v) is 12.8. The first-order valence-electron chi connectivity index (χ1n) is 21.1. The van der Waals surface area contributed by atoms with Gasteiger partial charge in [0.2, 0.25) is 5.71 Å². The SMILES string of the molecule is CCC(C)(CC)C(=O)/C=C(\O)C(C)(CC)CC.Cc1cccc(C)c1-c1ccc2c(n1)oc1c(-c3nc(C(C)C)nc4c3ccc3cccc(C(C)C)c34)[c-]ccc12.[Ir]. The maximum Gasteiger partial charge on any atom is 0.216 e. The number of rotatable bonds is 11. The Hall–Kier alpha value is -4.71. The normalized spacial score (nSPS) is 12.4. The molecule has 1 N–H and O–H groups in total. The van der Waals surface area contributed by atoms with Crippen molar-refractivity contribution in [3.8, 4) is 22.5 Å². The fraction of sp³-hybridized carbons (Fsp3) is 0.385. The number of furan rings is 1. The monoisotopic (exact) mass is 967 g/mol. The molecule has 59 heavy (non-hydrogen) atoms. The van der Waals surface area contributed by atoms with E-state index in [4.69, 9.17) is 19.4 Å². The van der Waals surface area contributed by atoms with Crippen LogP contribution in [-0.4, -0.2) is 25.8 Å². The molecule has 0 spiro atoms. The molecule has 311 valence electrons. The van der Waals surface area contributed by atoms with Gasteiger partial charge in [-0.2, -0.15) is 0 Å². The Balaban J connectivity index is 0.000000314. The van der Waals surface area contributed by atoms with Crippen molar-refractivity contribution in [1.29, 1.82) is 0 Å². The van der Waals surface area contributed by atoms with Gasteiger partial charge in [0.05, 0.1) is 16.8 Å². The molecule has 0 fully saturated rings. The Morgan fingerprint density at radius 2 is 1.39 bits per heavy atom. The van der Waals surface area contributed by atoms with Crippen LogP contribution in [-0.2, 0) is 24.9 Å². The number of hydrogen-bond acceptors (Lipinski definition) is 6. The summed E-state index contributed by atoms with van der Waals surface area (Å²) in [5, 5.41) is 15.5. The summed E-state index contributed by atoms with van der Waals surface area (Å²) in [6.07, 6.45) is 4.75. The van der Waals surface area contributed by atoms with Crippen LogP contribution in [0.4, 0.5) is 0 Å². The van der Waals surface area contributed by atoms with Crippen molar-refractivity contribution in [2.24, 2.45) is 10.8 Å². The second kappa shape index (κ2) is 18.3. The number of aryl methyl sites for hydroxylation is 2. The number of aliphatic hydroxyl groups excluding tert-OH is 1. The summed E-state index contributed by atoms with van der Waals surface area (Å²) in [7, 11) is 0. The zero-order valence-electron chi connectivity index (χ0n) is 36.9. The van der Waals surface area contributed by atoms with Gasteiger partial charge in [-0.1, -0.05) is 129 Å². The summed E-state index contributed by atoms with van der Waals surface area (Å²) in [5.41, 5.74) is 9.19. The summed E-state index contributed by atoms with van der Waals surface area (Å²) in [6.45, 7) is 25.1. The minimum atomic E-state index is -0.337. The second-order valence-electron chi connectivity index (χ2n) is 17.1. The van der Waals surface area contributed by atoms with E-state index in [2.05, 4.69) is 114 Å². The number of benzene rings is 4. The van der Waals surface area contributed by atoms with Crippen LogP contribution in [0.5, 0.6) is 0 Å². The average molecular weight is 967 g/mol. The minimum Gasteiger partial charge on any atom is -0.512 e. The first kappa shape index (κ1) is 45.4. The van der Waals surface area contributed by atoms with Crippen molar-refractivity contribution >= 4 is 49.5 Å². The van der Waals surface area contributed by atoms with Gasteiger partial charge in [0.25, 0.3) is 0 Å². The number of nitrogens with zero attached hydrogens (tertiary/aromatic N) is 3. The third-order valence-electron chi connectivity index (χ3n) is 12.8. The Labute approximate surface area is 364 Å². The summed E-state index contributed by atoms with van der Waals surface area (Å²) in [6, 6.07) is 28.9. The fourth-order valence-corrected chi connectivity index (χ4v) is 7.78. The molecule has 7 aromatic rings. The molecule has 7 heteroatoms. The van der Waals surface area contributed by atoms with Gasteiger partial charge in [0.1, 0.15) is 11.6 Å². The topological polar surface area (TPSA) is 89.1 Å². The molecule has 0 aliphatic heterocycles. The molecular weight excluding hydrogens is 907 g/mol. The van der Waals surface area contributed by atoms with Gasteiger partial charge < -0.3 is 9.52 Å². The van der Waals surface area contributed by atoms with Crippen molar-refractivity contribution in [3.63, 3.8) is 0 Å². The number of ketones is 1. The van der Waals surface area contributed by atoms with E-state index in [1.807, 2.05) is 47.6 Å². The van der Waals surface area contributed by atoms with E-state index in [9.17, 15) is 9.90 Å². The number of allylic oxidation sites excluding steroid dienone is 2. The number of carbonyl (C=O) groups excluding carboxylic acids is 1. The smallest absolute Gasteiger partial charge is 0.216 e. The average Bonchev–Trinajstić information content (AvgIpc) is 3.60. The molecule has 0 saturated heterocycles. The molecule has 3 heterocycles. The molecule has 6 nitrogen and oxygen atoms in total. The van der Waals surface area contributed by atoms with Crippen molar-refractivity contribution in [3.05, 3.63) is 113 Å². The van der Waals surface area contributed by atoms with Crippen LogP contribution in [0.3, 0.4) is 0 Å². The van der Waals surface area contributed by atoms with E-state index in [-0.39, 0.29) is 48.4 Å². The summed E-state index contributed by atoms with van der Waals surface area (Å²) in [4.78, 5) is 27.5. The Morgan fingerprint density at radius 3 is 2.00 bits per heavy atom.